The largest absolute Gasteiger partial charge is 0.481 e. The number of halogens is 2. The molecule has 4 nitrogen and oxygen atoms in total. The highest BCUT2D eigenvalue weighted by atomic mass is 19.3. The van der Waals surface area contributed by atoms with Crippen LogP contribution in [0.4, 0.5) is 8.78 Å². The number of hydrogen-bond donors (Lipinski definition) is 2. The van der Waals surface area contributed by atoms with Crippen molar-refractivity contribution >= 4 is 11.9 Å². The Morgan fingerprint density at radius 1 is 1.45 bits per heavy atom. The number of nitrogens with two attached hydrogens (primary N) is 1. The number of aliphatic carboxylic acids is 1. The summed E-state index contributed by atoms with van der Waals surface area (Å²) in [7, 11) is 0. The normalized spacial score (nSPS) is 11.1. The van der Waals surface area contributed by atoms with Crippen LogP contribution >= 0.6 is 0 Å². The fourth-order valence-corrected chi connectivity index (χ4v) is 0.387. The van der Waals surface area contributed by atoms with E-state index in [1.807, 2.05) is 0 Å². The molecule has 0 aromatic heterocycles. The van der Waals surface area contributed by atoms with E-state index in [9.17, 15) is 18.4 Å². The van der Waals surface area contributed by atoms with E-state index >= 15 is 0 Å². The number of carboxylic acid groups (broad SMARTS) is 1. The SMILES string of the molecule is NC(=O)C(F)(F)CCC(=O)O. The van der Waals surface area contributed by atoms with Gasteiger partial charge in [0, 0.05) is 6.42 Å². The van der Waals surface area contributed by atoms with Gasteiger partial charge >= 0.3 is 11.9 Å². The van der Waals surface area contributed by atoms with Crippen LogP contribution < -0.4 is 5.73 Å². The van der Waals surface area contributed by atoms with Crippen molar-refractivity contribution in [3.05, 3.63) is 0 Å². The molecular weight excluding hydrogens is 160 g/mol. The number of carbonyl (C=O) groups excluding carboxylic acids is 1. The van der Waals surface area contributed by atoms with Crippen LogP contribution in [0.25, 0.3) is 0 Å². The molecule has 3 N–H and O–H groups in total. The lowest BCUT2D eigenvalue weighted by molar-refractivity contribution is -0.146. The standard InChI is InChI=1S/C5H7F2NO3/c6-5(7,4(8)11)2-1-3(9)10/h1-2H2,(H2,8,11)(H,9,10). The van der Waals surface area contributed by atoms with Crippen molar-refractivity contribution in [2.45, 2.75) is 18.8 Å². The number of alkyl halides is 2. The van der Waals surface area contributed by atoms with Gasteiger partial charge in [-0.25, -0.2) is 0 Å². The Balaban J connectivity index is 3.92. The maximum absolute atomic E-state index is 12.2. The van der Waals surface area contributed by atoms with Gasteiger partial charge in [-0.1, -0.05) is 0 Å². The van der Waals surface area contributed by atoms with Crippen molar-refractivity contribution in [2.75, 3.05) is 0 Å². The molecule has 0 bridgehead atoms. The number of carbonyl (C=O) groups is 2. The summed E-state index contributed by atoms with van der Waals surface area (Å²) in [4.78, 5) is 19.7. The van der Waals surface area contributed by atoms with Crippen molar-refractivity contribution in [1.82, 2.24) is 0 Å². The second kappa shape index (κ2) is 3.27. The van der Waals surface area contributed by atoms with Gasteiger partial charge in [0.05, 0.1) is 6.42 Å². The van der Waals surface area contributed by atoms with E-state index in [4.69, 9.17) is 5.11 Å². The molecule has 0 aliphatic carbocycles. The highest BCUT2D eigenvalue weighted by Crippen LogP contribution is 2.18. The third kappa shape index (κ3) is 3.49. The summed E-state index contributed by atoms with van der Waals surface area (Å²) in [6, 6.07) is 0. The number of primary amides is 1. The maximum atomic E-state index is 12.2. The Hall–Kier alpha value is -1.20. The summed E-state index contributed by atoms with van der Waals surface area (Å²) >= 11 is 0. The third-order valence-electron chi connectivity index (χ3n) is 1.01. The Kier molecular flexibility index (Phi) is 2.91. The summed E-state index contributed by atoms with van der Waals surface area (Å²) in [5, 5.41) is 7.97. The number of carboxylic acids is 1. The molecule has 0 saturated heterocycles. The van der Waals surface area contributed by atoms with Crippen LogP contribution in [0, 0.1) is 0 Å². The topological polar surface area (TPSA) is 80.4 Å². The maximum Gasteiger partial charge on any atom is 0.324 e. The highest BCUT2D eigenvalue weighted by molar-refractivity contribution is 5.82. The first-order chi connectivity index (χ1) is 4.86. The van der Waals surface area contributed by atoms with Gasteiger partial charge in [-0.05, 0) is 0 Å². The van der Waals surface area contributed by atoms with Crippen molar-refractivity contribution in [1.29, 1.82) is 0 Å². The van der Waals surface area contributed by atoms with E-state index in [1.54, 1.807) is 0 Å². The number of rotatable bonds is 4. The Bertz CT molecular complexity index is 181. The lowest BCUT2D eigenvalue weighted by Gasteiger charge is -2.09. The minimum absolute atomic E-state index is 0.768. The second-order valence-electron chi connectivity index (χ2n) is 1.96. The summed E-state index contributed by atoms with van der Waals surface area (Å²) in [5.41, 5.74) is 4.27. The molecule has 0 rings (SSSR count). The lowest BCUT2D eigenvalue weighted by atomic mass is 10.2. The summed E-state index contributed by atoms with van der Waals surface area (Å²) in [6.45, 7) is 0. The summed E-state index contributed by atoms with van der Waals surface area (Å²) < 4.78 is 24.3. The minimum atomic E-state index is -3.71. The molecule has 0 unspecified atom stereocenters. The molecule has 0 spiro atoms. The van der Waals surface area contributed by atoms with Gasteiger partial charge in [0.1, 0.15) is 0 Å². The van der Waals surface area contributed by atoms with E-state index in [2.05, 4.69) is 5.73 Å². The van der Waals surface area contributed by atoms with Crippen LogP contribution in [0.2, 0.25) is 0 Å². The van der Waals surface area contributed by atoms with Gasteiger partial charge < -0.3 is 10.8 Å². The molecule has 0 aromatic rings. The zero-order valence-electron chi connectivity index (χ0n) is 5.51. The van der Waals surface area contributed by atoms with Crippen LogP contribution in [0.3, 0.4) is 0 Å². The lowest BCUT2D eigenvalue weighted by Crippen LogP contribution is -2.35. The molecule has 0 saturated carbocycles. The van der Waals surface area contributed by atoms with Gasteiger partial charge in [-0.15, -0.1) is 0 Å². The highest BCUT2D eigenvalue weighted by Gasteiger charge is 2.36. The average Bonchev–Trinajstić information content (AvgIpc) is 1.84. The Labute approximate surface area is 61.0 Å². The third-order valence-corrected chi connectivity index (χ3v) is 1.01. The first kappa shape index (κ1) is 9.80. The van der Waals surface area contributed by atoms with Gasteiger partial charge in [0.15, 0.2) is 0 Å². The van der Waals surface area contributed by atoms with E-state index in [1.165, 1.54) is 0 Å². The fraction of sp³-hybridized carbons (Fsp3) is 0.600. The van der Waals surface area contributed by atoms with E-state index in [0.29, 0.717) is 0 Å². The first-order valence-corrected chi connectivity index (χ1v) is 2.76. The number of amides is 1. The zero-order valence-corrected chi connectivity index (χ0v) is 5.51. The fourth-order valence-electron chi connectivity index (χ4n) is 0.387. The Morgan fingerprint density at radius 3 is 2.18 bits per heavy atom. The molecule has 0 radical (unpaired) electrons. The van der Waals surface area contributed by atoms with Gasteiger partial charge in [-0.2, -0.15) is 8.78 Å². The molecule has 0 fully saturated rings. The van der Waals surface area contributed by atoms with Crippen molar-refractivity contribution < 1.29 is 23.5 Å². The van der Waals surface area contributed by atoms with Crippen LogP contribution in [0.15, 0.2) is 0 Å². The molecule has 6 heteroatoms. The van der Waals surface area contributed by atoms with E-state index in [-0.39, 0.29) is 0 Å². The zero-order chi connectivity index (χ0) is 9.07. The van der Waals surface area contributed by atoms with Crippen LogP contribution in [-0.4, -0.2) is 22.9 Å². The predicted octanol–water partition coefficient (Wildman–Crippen LogP) is -0.0282. The molecule has 0 aliphatic rings. The molecule has 1 amide bonds. The van der Waals surface area contributed by atoms with Gasteiger partial charge in [-0.3, -0.25) is 9.59 Å². The summed E-state index contributed by atoms with van der Waals surface area (Å²) in [5.74, 6) is -6.89. The number of hydrogen-bond acceptors (Lipinski definition) is 2. The average molecular weight is 167 g/mol. The quantitative estimate of drug-likeness (QED) is 0.617. The van der Waals surface area contributed by atoms with Gasteiger partial charge in [0.25, 0.3) is 5.91 Å². The molecule has 11 heavy (non-hydrogen) atoms. The van der Waals surface area contributed by atoms with Crippen LogP contribution in [0.1, 0.15) is 12.8 Å². The molecule has 0 aliphatic heterocycles. The molecular formula is C5H7F2NO3. The molecule has 0 heterocycles. The smallest absolute Gasteiger partial charge is 0.324 e. The van der Waals surface area contributed by atoms with E-state index in [0.717, 1.165) is 0 Å². The van der Waals surface area contributed by atoms with Gasteiger partial charge in [0.2, 0.25) is 0 Å². The Morgan fingerprint density at radius 2 is 1.91 bits per heavy atom. The van der Waals surface area contributed by atoms with Crippen LogP contribution in [-0.2, 0) is 9.59 Å². The first-order valence-electron chi connectivity index (χ1n) is 2.76. The molecule has 0 aromatic carbocycles. The van der Waals surface area contributed by atoms with Crippen molar-refractivity contribution in [3.63, 3.8) is 0 Å². The molecule has 0 atom stereocenters. The van der Waals surface area contributed by atoms with Crippen LogP contribution in [0.5, 0.6) is 0 Å². The summed E-state index contributed by atoms with van der Waals surface area (Å²) in [6.07, 6.45) is -1.81. The molecule has 64 valence electrons. The van der Waals surface area contributed by atoms with Crippen molar-refractivity contribution in [2.24, 2.45) is 5.73 Å². The van der Waals surface area contributed by atoms with E-state index < -0.39 is 30.6 Å². The monoisotopic (exact) mass is 167 g/mol. The second-order valence-corrected chi connectivity index (χ2v) is 1.96. The predicted molar refractivity (Wildman–Crippen MR) is 31.0 cm³/mol. The van der Waals surface area contributed by atoms with Crippen molar-refractivity contribution in [3.8, 4) is 0 Å². The minimum Gasteiger partial charge on any atom is -0.481 e.